The van der Waals surface area contributed by atoms with Crippen LogP contribution < -0.4 is 10.2 Å². The third kappa shape index (κ3) is 6.22. The summed E-state index contributed by atoms with van der Waals surface area (Å²) in [6.45, 7) is 7.98. The van der Waals surface area contributed by atoms with Gasteiger partial charge in [-0.05, 0) is 24.3 Å². The highest BCUT2D eigenvalue weighted by atomic mass is 127. The number of hydrogen-bond acceptors (Lipinski definition) is 5. The summed E-state index contributed by atoms with van der Waals surface area (Å²) >= 11 is 0. The molecule has 0 bridgehead atoms. The third-order valence-electron chi connectivity index (χ3n) is 5.31. The monoisotopic (exact) mass is 535 g/mol. The van der Waals surface area contributed by atoms with Crippen LogP contribution in [0.3, 0.4) is 0 Å². The van der Waals surface area contributed by atoms with Crippen molar-refractivity contribution in [3.63, 3.8) is 0 Å². The van der Waals surface area contributed by atoms with E-state index in [0.717, 1.165) is 63.2 Å². The zero-order chi connectivity index (χ0) is 20.6. The van der Waals surface area contributed by atoms with Crippen molar-refractivity contribution in [1.82, 2.24) is 25.0 Å². The number of nitrogens with zero attached hydrogens (tertiary/aromatic N) is 6. The molecule has 0 radical (unpaired) electrons. The lowest BCUT2D eigenvalue weighted by Crippen LogP contribution is -2.53. The van der Waals surface area contributed by atoms with Crippen LogP contribution in [0.2, 0.25) is 0 Å². The summed E-state index contributed by atoms with van der Waals surface area (Å²) in [6.07, 6.45) is 4.36. The molecular weight excluding hydrogens is 505 g/mol. The van der Waals surface area contributed by atoms with Crippen LogP contribution in [-0.2, 0) is 19.5 Å². The van der Waals surface area contributed by atoms with Crippen molar-refractivity contribution in [2.45, 2.75) is 26.4 Å². The van der Waals surface area contributed by atoms with Crippen LogP contribution in [0.1, 0.15) is 18.5 Å². The number of aliphatic imine (C=N–C) groups is 1. The van der Waals surface area contributed by atoms with Crippen molar-refractivity contribution in [2.75, 3.05) is 37.6 Å². The predicted octanol–water partition coefficient (Wildman–Crippen LogP) is 3.02. The fourth-order valence-corrected chi connectivity index (χ4v) is 3.67. The summed E-state index contributed by atoms with van der Waals surface area (Å²) in [5.41, 5.74) is 1.28. The summed E-state index contributed by atoms with van der Waals surface area (Å²) in [5, 5.41) is 11.7. The molecule has 4 rings (SSSR count). The summed E-state index contributed by atoms with van der Waals surface area (Å²) in [6, 6.07) is 14.4. The zero-order valence-electron chi connectivity index (χ0n) is 17.9. The van der Waals surface area contributed by atoms with E-state index < -0.39 is 0 Å². The topological polar surface area (TPSA) is 74.7 Å². The number of aryl methyl sites for hydroxylation is 1. The molecular formula is C22H30IN7O. The number of nitrogens with one attached hydrogen (secondary N) is 1. The van der Waals surface area contributed by atoms with Gasteiger partial charge in [0.25, 0.3) is 0 Å². The first kappa shape index (κ1) is 23.1. The molecule has 1 aliphatic heterocycles. The Morgan fingerprint density at radius 1 is 1.10 bits per heavy atom. The molecule has 0 spiro atoms. The van der Waals surface area contributed by atoms with Crippen molar-refractivity contribution < 1.29 is 4.42 Å². The first-order chi connectivity index (χ1) is 14.8. The predicted molar refractivity (Wildman–Crippen MR) is 133 cm³/mol. The van der Waals surface area contributed by atoms with Crippen LogP contribution in [0.4, 0.5) is 5.69 Å². The van der Waals surface area contributed by atoms with Crippen LogP contribution >= 0.6 is 24.0 Å². The Morgan fingerprint density at radius 2 is 1.90 bits per heavy atom. The van der Waals surface area contributed by atoms with Crippen LogP contribution in [-0.4, -0.2) is 58.3 Å². The molecule has 2 aromatic heterocycles. The van der Waals surface area contributed by atoms with E-state index in [1.165, 1.54) is 5.69 Å². The van der Waals surface area contributed by atoms with Gasteiger partial charge in [0.2, 0.25) is 0 Å². The highest BCUT2D eigenvalue weighted by Crippen LogP contribution is 2.15. The number of aromatic nitrogens is 3. The summed E-state index contributed by atoms with van der Waals surface area (Å²) in [5.74, 6) is 2.79. The van der Waals surface area contributed by atoms with Crippen LogP contribution in [0.5, 0.6) is 0 Å². The Hall–Kier alpha value is -2.56. The average Bonchev–Trinajstić information content (AvgIpc) is 3.49. The lowest BCUT2D eigenvalue weighted by Gasteiger charge is -2.37. The number of benzene rings is 1. The molecule has 8 nitrogen and oxygen atoms in total. The number of para-hydroxylation sites is 1. The highest BCUT2D eigenvalue weighted by Gasteiger charge is 2.20. The van der Waals surface area contributed by atoms with Gasteiger partial charge in [-0.3, -0.25) is 0 Å². The molecule has 0 aliphatic carbocycles. The molecule has 31 heavy (non-hydrogen) atoms. The maximum atomic E-state index is 5.46. The lowest BCUT2D eigenvalue weighted by atomic mass is 10.2. The SMILES string of the molecule is CCc1nncn1CCNC(=NCc1ccco1)N1CCN(c2ccccc2)CC1.I. The quantitative estimate of drug-likeness (QED) is 0.285. The number of halogens is 1. The summed E-state index contributed by atoms with van der Waals surface area (Å²) in [7, 11) is 0. The second-order valence-electron chi connectivity index (χ2n) is 7.25. The maximum Gasteiger partial charge on any atom is 0.194 e. The minimum Gasteiger partial charge on any atom is -0.467 e. The molecule has 3 heterocycles. The smallest absolute Gasteiger partial charge is 0.194 e. The molecule has 1 aliphatic rings. The van der Waals surface area contributed by atoms with Gasteiger partial charge >= 0.3 is 0 Å². The summed E-state index contributed by atoms with van der Waals surface area (Å²) < 4.78 is 7.55. The van der Waals surface area contributed by atoms with Gasteiger partial charge in [0.15, 0.2) is 5.96 Å². The maximum absolute atomic E-state index is 5.46. The van der Waals surface area contributed by atoms with Crippen molar-refractivity contribution in [2.24, 2.45) is 4.99 Å². The molecule has 3 aromatic rings. The van der Waals surface area contributed by atoms with Gasteiger partial charge in [-0.25, -0.2) is 4.99 Å². The number of rotatable bonds is 7. The third-order valence-corrected chi connectivity index (χ3v) is 5.31. The number of anilines is 1. The van der Waals surface area contributed by atoms with Crippen LogP contribution in [0.25, 0.3) is 0 Å². The molecule has 0 amide bonds. The van der Waals surface area contributed by atoms with Crippen LogP contribution in [0, 0.1) is 0 Å². The van der Waals surface area contributed by atoms with Crippen molar-refractivity contribution >= 4 is 35.6 Å². The first-order valence-electron chi connectivity index (χ1n) is 10.6. The largest absolute Gasteiger partial charge is 0.467 e. The van der Waals surface area contributed by atoms with Gasteiger partial charge in [0.05, 0.1) is 6.26 Å². The molecule has 1 N–H and O–H groups in total. The van der Waals surface area contributed by atoms with Crippen molar-refractivity contribution in [3.8, 4) is 0 Å². The summed E-state index contributed by atoms with van der Waals surface area (Å²) in [4.78, 5) is 9.58. The van der Waals surface area contributed by atoms with Gasteiger partial charge in [-0.2, -0.15) is 0 Å². The Morgan fingerprint density at radius 3 is 2.61 bits per heavy atom. The lowest BCUT2D eigenvalue weighted by molar-refractivity contribution is 0.369. The Kier molecular flexibility index (Phi) is 8.74. The van der Waals surface area contributed by atoms with E-state index in [-0.39, 0.29) is 24.0 Å². The minimum absolute atomic E-state index is 0. The second kappa shape index (κ2) is 11.7. The molecule has 1 saturated heterocycles. The van der Waals surface area contributed by atoms with Gasteiger partial charge in [0, 0.05) is 51.4 Å². The van der Waals surface area contributed by atoms with E-state index in [2.05, 4.69) is 67.1 Å². The molecule has 9 heteroatoms. The zero-order valence-corrected chi connectivity index (χ0v) is 20.2. The van der Waals surface area contributed by atoms with E-state index in [1.54, 1.807) is 12.6 Å². The number of guanidine groups is 1. The molecule has 0 atom stereocenters. The highest BCUT2D eigenvalue weighted by molar-refractivity contribution is 14.0. The normalized spacial score (nSPS) is 14.4. The number of piperazine rings is 1. The molecule has 1 aromatic carbocycles. The number of furan rings is 1. The van der Waals surface area contributed by atoms with E-state index in [9.17, 15) is 0 Å². The van der Waals surface area contributed by atoms with Crippen molar-refractivity contribution in [1.29, 1.82) is 0 Å². The molecule has 0 unspecified atom stereocenters. The van der Waals surface area contributed by atoms with Gasteiger partial charge in [0.1, 0.15) is 24.5 Å². The first-order valence-corrected chi connectivity index (χ1v) is 10.6. The van der Waals surface area contributed by atoms with E-state index in [0.29, 0.717) is 6.54 Å². The van der Waals surface area contributed by atoms with E-state index in [1.807, 2.05) is 12.1 Å². The number of hydrogen-bond donors (Lipinski definition) is 1. The minimum atomic E-state index is 0. The van der Waals surface area contributed by atoms with Gasteiger partial charge < -0.3 is 24.1 Å². The fourth-order valence-electron chi connectivity index (χ4n) is 3.67. The second-order valence-corrected chi connectivity index (χ2v) is 7.25. The van der Waals surface area contributed by atoms with E-state index in [4.69, 9.17) is 9.41 Å². The van der Waals surface area contributed by atoms with Gasteiger partial charge in [-0.1, -0.05) is 25.1 Å². The van der Waals surface area contributed by atoms with Crippen molar-refractivity contribution in [3.05, 3.63) is 66.6 Å². The Bertz CT molecular complexity index is 919. The Labute approximate surface area is 200 Å². The molecule has 0 saturated carbocycles. The molecule has 166 valence electrons. The molecule has 1 fully saturated rings. The fraction of sp³-hybridized carbons (Fsp3) is 0.409. The Balaban J connectivity index is 0.00000272. The van der Waals surface area contributed by atoms with E-state index >= 15 is 0 Å². The standard InChI is InChI=1S/C22H29N7O.HI/c1-2-21-26-25-18-29(21)11-10-23-22(24-17-20-9-6-16-30-20)28-14-12-27(13-15-28)19-7-4-3-5-8-19;/h3-9,16,18H,2,10-15,17H2,1H3,(H,23,24);1H. The van der Waals surface area contributed by atoms with Gasteiger partial charge in [-0.15, -0.1) is 34.2 Å². The van der Waals surface area contributed by atoms with Crippen LogP contribution in [0.15, 0.2) is 64.5 Å². The average molecular weight is 535 g/mol.